The summed E-state index contributed by atoms with van der Waals surface area (Å²) in [6.07, 6.45) is -0.476. The zero-order chi connectivity index (χ0) is 36.9. The number of hydrazone groups is 1. The molecular formula is C28H29ClN8O11S2. The number of aromatic nitrogens is 1. The fraction of sp³-hybridized carbons (Fsp3) is 0.393. The van der Waals surface area contributed by atoms with Crippen molar-refractivity contribution in [3.63, 3.8) is 0 Å². The third-order valence-electron chi connectivity index (χ3n) is 8.04. The van der Waals surface area contributed by atoms with Crippen LogP contribution in [0.25, 0.3) is 0 Å². The molecule has 3 fully saturated rings. The molecule has 0 saturated carbocycles. The highest BCUT2D eigenvalue weighted by molar-refractivity contribution is 8.02. The zero-order valence-corrected chi connectivity index (χ0v) is 28.7. The fourth-order valence-electron chi connectivity index (χ4n) is 5.23. The van der Waals surface area contributed by atoms with Crippen LogP contribution >= 0.6 is 34.7 Å². The third kappa shape index (κ3) is 6.22. The van der Waals surface area contributed by atoms with Crippen LogP contribution in [-0.2, 0) is 28.8 Å². The van der Waals surface area contributed by atoms with Gasteiger partial charge in [-0.05, 0) is 26.0 Å². The molecule has 0 unspecified atom stereocenters. The molecule has 22 heteroatoms. The number of carbonyl (C=O) groups excluding carboxylic acids is 4. The number of anilines is 1. The monoisotopic (exact) mass is 752 g/mol. The Labute approximate surface area is 295 Å². The molecule has 0 bridgehead atoms. The van der Waals surface area contributed by atoms with E-state index in [0.29, 0.717) is 0 Å². The van der Waals surface area contributed by atoms with Gasteiger partial charge in [-0.25, -0.2) is 24.4 Å². The Kier molecular flexibility index (Phi) is 9.60. The normalized spacial score (nSPS) is 22.4. The van der Waals surface area contributed by atoms with E-state index in [1.54, 1.807) is 0 Å². The Morgan fingerprint density at radius 1 is 1.18 bits per heavy atom. The van der Waals surface area contributed by atoms with Gasteiger partial charge in [-0.2, -0.15) is 5.10 Å². The lowest BCUT2D eigenvalue weighted by molar-refractivity contribution is -0.161. The average molecular weight is 753 g/mol. The number of benzene rings is 1. The lowest BCUT2D eigenvalue weighted by Crippen LogP contribution is -2.59. The van der Waals surface area contributed by atoms with Crippen molar-refractivity contribution >= 4 is 86.8 Å². The van der Waals surface area contributed by atoms with Gasteiger partial charge in [-0.1, -0.05) is 28.5 Å². The number of carboxylic acid groups (broad SMARTS) is 2. The molecule has 1 aromatic carbocycles. The molecule has 7 N–H and O–H groups in total. The number of halogens is 1. The predicted octanol–water partition coefficient (Wildman–Crippen LogP) is 0.533. The number of nitrogens with one attached hydrogen (secondary N) is 1. The van der Waals surface area contributed by atoms with E-state index < -0.39 is 92.5 Å². The summed E-state index contributed by atoms with van der Waals surface area (Å²) < 4.78 is 0. The number of urea groups is 1. The molecular weight excluding hydrogens is 724 g/mol. The van der Waals surface area contributed by atoms with Crippen LogP contribution in [0.5, 0.6) is 11.5 Å². The first-order chi connectivity index (χ1) is 23.4. The maximum atomic E-state index is 13.7. The number of thiazole rings is 1. The molecule has 266 valence electrons. The van der Waals surface area contributed by atoms with E-state index in [2.05, 4.69) is 20.6 Å². The number of oxime groups is 1. The second-order valence-electron chi connectivity index (χ2n) is 11.6. The number of aliphatic carboxylic acids is 2. The van der Waals surface area contributed by atoms with Gasteiger partial charge in [0.15, 0.2) is 33.8 Å². The molecule has 0 radical (unpaired) electrons. The highest BCUT2D eigenvalue weighted by Crippen LogP contribution is 2.53. The molecule has 3 aliphatic rings. The van der Waals surface area contributed by atoms with Gasteiger partial charge in [0.05, 0.1) is 29.4 Å². The molecule has 50 heavy (non-hydrogen) atoms. The van der Waals surface area contributed by atoms with Gasteiger partial charge >= 0.3 is 18.0 Å². The Hall–Kier alpha value is -5.15. The number of carboxylic acids is 2. The fourth-order valence-corrected chi connectivity index (χ4v) is 7.72. The van der Waals surface area contributed by atoms with Crippen molar-refractivity contribution in [2.45, 2.75) is 36.1 Å². The summed E-state index contributed by atoms with van der Waals surface area (Å²) in [5.74, 6) is -7.27. The van der Waals surface area contributed by atoms with Crippen molar-refractivity contribution in [1.82, 2.24) is 25.1 Å². The number of carbonyl (C=O) groups is 6. The van der Waals surface area contributed by atoms with Gasteiger partial charge in [0.1, 0.15) is 5.69 Å². The summed E-state index contributed by atoms with van der Waals surface area (Å²) >= 11 is 7.91. The molecule has 3 atom stereocenters. The lowest BCUT2D eigenvalue weighted by atomic mass is 9.90. The van der Waals surface area contributed by atoms with Gasteiger partial charge in [0.25, 0.3) is 5.91 Å². The van der Waals surface area contributed by atoms with E-state index in [-0.39, 0.29) is 35.2 Å². The number of β-lactam (4-membered cyclic amide) rings is 1. The van der Waals surface area contributed by atoms with Crippen LogP contribution in [0, 0.1) is 5.92 Å². The number of Topliss-reactive ketones (excluding diaryl/α,β-unsaturated/α-hetero) is 1. The summed E-state index contributed by atoms with van der Waals surface area (Å²) in [7, 11) is 1.28. The van der Waals surface area contributed by atoms with E-state index in [1.165, 1.54) is 37.2 Å². The lowest BCUT2D eigenvalue weighted by Gasteiger charge is -2.40. The van der Waals surface area contributed by atoms with Crippen molar-refractivity contribution in [3.8, 4) is 11.5 Å². The second kappa shape index (κ2) is 13.3. The standard InChI is InChI=1S/C28H29ClN8O11S2/c1-27(2,23(43)44)48-34-18(13-9-49-25(30)32-13)15(39)8-12-21(42)35-10-28(24(45)46,50-22(12)35)36-6-7-37(26(36)47)33-17(20(41)31-3)11-4-5-14(38)19(40)16(11)29/h4-5,9,12,22,38,40H,6-8,10H2,1-3H3,(H2,30,32)(H,31,41)(H,43,44)(H,45,46)/b33-17-,34-18-/t12-,22-,28-/m1/s1. The maximum absolute atomic E-state index is 13.7. The number of nitrogens with two attached hydrogens (primary N) is 1. The first-order valence-electron chi connectivity index (χ1n) is 14.5. The SMILES string of the molecule is CNC(=O)/C(=N\N1CCN([C@]2(C(=O)O)CN3C(=O)[C@@H](CC(=O)/C(=N\OC(C)(C)C(=O)O)c4csc(N)n4)[C@H]3S2)C1=O)c1ccc(O)c(O)c1Cl. The number of amides is 4. The Bertz CT molecular complexity index is 1880. The van der Waals surface area contributed by atoms with Crippen LogP contribution in [0.2, 0.25) is 5.02 Å². The largest absolute Gasteiger partial charge is 0.504 e. The Balaban J connectivity index is 1.38. The summed E-state index contributed by atoms with van der Waals surface area (Å²) in [5.41, 5.74) is 2.95. The highest BCUT2D eigenvalue weighted by Gasteiger charge is 2.66. The molecule has 0 spiro atoms. The zero-order valence-electron chi connectivity index (χ0n) is 26.3. The minimum absolute atomic E-state index is 0.00971. The van der Waals surface area contributed by atoms with E-state index in [9.17, 15) is 49.2 Å². The topological polar surface area (TPSA) is 278 Å². The van der Waals surface area contributed by atoms with Crippen molar-refractivity contribution in [1.29, 1.82) is 0 Å². The summed E-state index contributed by atoms with van der Waals surface area (Å²) in [6, 6.07) is 1.35. The number of hydrogen-bond acceptors (Lipinski definition) is 15. The number of ketones is 1. The second-order valence-corrected chi connectivity index (χ2v) is 14.3. The summed E-state index contributed by atoms with van der Waals surface area (Å²) in [6.45, 7) is 1.63. The van der Waals surface area contributed by atoms with Gasteiger partial charge < -0.3 is 41.2 Å². The minimum atomic E-state index is -2.00. The van der Waals surface area contributed by atoms with Crippen molar-refractivity contribution < 1.29 is 54.0 Å². The number of rotatable bonds is 12. The first-order valence-corrected chi connectivity index (χ1v) is 16.6. The Morgan fingerprint density at radius 3 is 2.48 bits per heavy atom. The quantitative estimate of drug-likeness (QED) is 0.0747. The number of thioether (sulfide) groups is 1. The molecule has 4 heterocycles. The van der Waals surface area contributed by atoms with Crippen LogP contribution < -0.4 is 11.1 Å². The number of aromatic hydroxyl groups is 2. The number of nitrogen functional groups attached to an aromatic ring is 1. The number of phenolic OH excluding ortho intramolecular Hbond substituents is 2. The van der Waals surface area contributed by atoms with Crippen molar-refractivity contribution in [2.24, 2.45) is 16.2 Å². The number of likely N-dealkylation sites (N-methyl/N-ethyl adjacent to an activating group) is 1. The first kappa shape index (κ1) is 36.1. The van der Waals surface area contributed by atoms with Crippen LogP contribution in [0.1, 0.15) is 31.5 Å². The number of nitrogens with zero attached hydrogens (tertiary/aromatic N) is 6. The number of fused-ring (bicyclic) bond motifs is 1. The average Bonchev–Trinajstić information content (AvgIpc) is 3.77. The van der Waals surface area contributed by atoms with Crippen LogP contribution in [-0.4, -0.2) is 130 Å². The Morgan fingerprint density at radius 2 is 1.88 bits per heavy atom. The van der Waals surface area contributed by atoms with E-state index in [4.69, 9.17) is 22.2 Å². The van der Waals surface area contributed by atoms with Crippen LogP contribution in [0.4, 0.5) is 9.93 Å². The van der Waals surface area contributed by atoms with E-state index in [0.717, 1.165) is 39.1 Å². The molecule has 19 nitrogen and oxygen atoms in total. The predicted molar refractivity (Wildman–Crippen MR) is 177 cm³/mol. The molecule has 5 rings (SSSR count). The van der Waals surface area contributed by atoms with Crippen LogP contribution in [0.15, 0.2) is 27.8 Å². The van der Waals surface area contributed by atoms with Gasteiger partial charge in [-0.15, -0.1) is 11.3 Å². The van der Waals surface area contributed by atoms with E-state index >= 15 is 0 Å². The van der Waals surface area contributed by atoms with Crippen molar-refractivity contribution in [3.05, 3.63) is 33.8 Å². The van der Waals surface area contributed by atoms with Gasteiger partial charge in [0, 0.05) is 31.0 Å². The molecule has 3 aliphatic heterocycles. The summed E-state index contributed by atoms with van der Waals surface area (Å²) in [5, 5.41) is 51.0. The van der Waals surface area contributed by atoms with Crippen molar-refractivity contribution in [2.75, 3.05) is 32.4 Å². The van der Waals surface area contributed by atoms with E-state index in [1.807, 2.05) is 0 Å². The minimum Gasteiger partial charge on any atom is -0.504 e. The highest BCUT2D eigenvalue weighted by atomic mass is 35.5. The number of phenols is 2. The molecule has 1 aromatic heterocycles. The molecule has 0 aliphatic carbocycles. The number of hydrogen-bond donors (Lipinski definition) is 6. The third-order valence-corrected chi connectivity index (χ3v) is 10.8. The maximum Gasteiger partial charge on any atom is 0.350 e. The summed E-state index contributed by atoms with van der Waals surface area (Å²) in [4.78, 5) is 86.9. The molecule has 2 aromatic rings. The van der Waals surface area contributed by atoms with Gasteiger partial charge in [-0.3, -0.25) is 19.3 Å². The van der Waals surface area contributed by atoms with Crippen LogP contribution in [0.3, 0.4) is 0 Å². The molecule has 4 amide bonds. The van der Waals surface area contributed by atoms with Gasteiger partial charge in [0.2, 0.25) is 16.4 Å². The molecule has 3 saturated heterocycles. The smallest absolute Gasteiger partial charge is 0.350 e.